The molecule has 0 fully saturated rings. The summed E-state index contributed by atoms with van der Waals surface area (Å²) < 4.78 is 15.4. The quantitative estimate of drug-likeness (QED) is 0.813. The Balaban J connectivity index is 1.99. The van der Waals surface area contributed by atoms with Crippen LogP contribution in [-0.2, 0) is 0 Å². The predicted molar refractivity (Wildman–Crippen MR) is 89.8 cm³/mol. The van der Waals surface area contributed by atoms with Gasteiger partial charge in [-0.3, -0.25) is 4.79 Å². The summed E-state index contributed by atoms with van der Waals surface area (Å²) in [6.07, 6.45) is -0.855. The van der Waals surface area contributed by atoms with Crippen molar-refractivity contribution in [3.8, 4) is 17.2 Å². The molecule has 0 saturated carbocycles. The summed E-state index contributed by atoms with van der Waals surface area (Å²) >= 11 is 0. The first-order valence-corrected chi connectivity index (χ1v) is 7.41. The van der Waals surface area contributed by atoms with Gasteiger partial charge in [0.2, 0.25) is 0 Å². The number of carbonyl (C=O) groups excluding carboxylic acids is 1. The fourth-order valence-corrected chi connectivity index (χ4v) is 2.21. The van der Waals surface area contributed by atoms with E-state index in [9.17, 15) is 9.90 Å². The molecule has 0 aliphatic rings. The van der Waals surface area contributed by atoms with Gasteiger partial charge in [-0.05, 0) is 42.0 Å². The average molecular weight is 331 g/mol. The number of rotatable bonds is 7. The lowest BCUT2D eigenvalue weighted by Crippen LogP contribution is -2.28. The summed E-state index contributed by atoms with van der Waals surface area (Å²) in [6.45, 7) is 0.0837. The minimum Gasteiger partial charge on any atom is -0.497 e. The largest absolute Gasteiger partial charge is 0.497 e. The van der Waals surface area contributed by atoms with Crippen molar-refractivity contribution < 1.29 is 24.1 Å². The van der Waals surface area contributed by atoms with Crippen molar-refractivity contribution in [1.82, 2.24) is 5.32 Å². The van der Waals surface area contributed by atoms with Gasteiger partial charge in [0.1, 0.15) is 5.75 Å². The molecule has 6 nitrogen and oxygen atoms in total. The lowest BCUT2D eigenvalue weighted by molar-refractivity contribution is 0.0916. The first-order chi connectivity index (χ1) is 11.6. The van der Waals surface area contributed by atoms with Crippen LogP contribution in [0.25, 0.3) is 0 Å². The number of aliphatic hydroxyl groups is 1. The average Bonchev–Trinajstić information content (AvgIpc) is 2.65. The van der Waals surface area contributed by atoms with Crippen molar-refractivity contribution in [1.29, 1.82) is 0 Å². The molecule has 2 aromatic rings. The molecule has 2 N–H and O–H groups in total. The van der Waals surface area contributed by atoms with E-state index in [0.717, 1.165) is 0 Å². The Morgan fingerprint density at radius 3 is 2.25 bits per heavy atom. The Morgan fingerprint density at radius 1 is 1.00 bits per heavy atom. The number of ether oxygens (including phenoxy) is 3. The number of methoxy groups -OCH3 is 3. The second kappa shape index (κ2) is 8.21. The van der Waals surface area contributed by atoms with E-state index in [2.05, 4.69) is 5.32 Å². The Kier molecular flexibility index (Phi) is 6.03. The van der Waals surface area contributed by atoms with Crippen molar-refractivity contribution in [2.75, 3.05) is 27.9 Å². The zero-order chi connectivity index (χ0) is 17.5. The van der Waals surface area contributed by atoms with Crippen LogP contribution in [0.2, 0.25) is 0 Å². The molecule has 0 aliphatic carbocycles. The molecule has 0 spiro atoms. The zero-order valence-corrected chi connectivity index (χ0v) is 13.9. The van der Waals surface area contributed by atoms with Crippen LogP contribution in [0.15, 0.2) is 42.5 Å². The van der Waals surface area contributed by atoms with E-state index >= 15 is 0 Å². The van der Waals surface area contributed by atoms with Crippen molar-refractivity contribution >= 4 is 5.91 Å². The second-order valence-electron chi connectivity index (χ2n) is 5.07. The molecule has 0 aliphatic heterocycles. The molecule has 1 atom stereocenters. The van der Waals surface area contributed by atoms with Gasteiger partial charge in [0.25, 0.3) is 5.91 Å². The van der Waals surface area contributed by atoms with Crippen molar-refractivity contribution in [3.63, 3.8) is 0 Å². The Morgan fingerprint density at radius 2 is 1.67 bits per heavy atom. The lowest BCUT2D eigenvalue weighted by atomic mass is 10.1. The van der Waals surface area contributed by atoms with Crippen LogP contribution in [0.5, 0.6) is 17.2 Å². The third-order valence-corrected chi connectivity index (χ3v) is 3.60. The molecule has 24 heavy (non-hydrogen) atoms. The molecule has 2 rings (SSSR count). The van der Waals surface area contributed by atoms with Crippen molar-refractivity contribution in [2.24, 2.45) is 0 Å². The SMILES string of the molecule is COc1ccc(C(=O)NCC(O)c2ccc(OC)c(OC)c2)cc1. The standard InChI is InChI=1S/C18H21NO5/c1-22-14-7-4-12(5-8-14)18(21)19-11-15(20)13-6-9-16(23-2)17(10-13)24-3/h4-10,15,20H,11H2,1-3H3,(H,19,21). The first-order valence-electron chi connectivity index (χ1n) is 7.41. The van der Waals surface area contributed by atoms with Crippen LogP contribution in [0.4, 0.5) is 0 Å². The summed E-state index contributed by atoms with van der Waals surface area (Å²) in [4.78, 5) is 12.1. The zero-order valence-electron chi connectivity index (χ0n) is 13.9. The van der Waals surface area contributed by atoms with Crippen LogP contribution < -0.4 is 19.5 Å². The van der Waals surface area contributed by atoms with Crippen LogP contribution in [0.3, 0.4) is 0 Å². The first kappa shape index (κ1) is 17.6. The van der Waals surface area contributed by atoms with Gasteiger partial charge in [-0.2, -0.15) is 0 Å². The summed E-state index contributed by atoms with van der Waals surface area (Å²) in [5, 5.41) is 12.9. The van der Waals surface area contributed by atoms with Crippen LogP contribution in [0, 0.1) is 0 Å². The van der Waals surface area contributed by atoms with E-state index in [1.165, 1.54) is 7.11 Å². The third kappa shape index (κ3) is 4.17. The van der Waals surface area contributed by atoms with Gasteiger partial charge in [-0.25, -0.2) is 0 Å². The summed E-state index contributed by atoms with van der Waals surface area (Å²) in [5.74, 6) is 1.51. The van der Waals surface area contributed by atoms with E-state index in [1.54, 1.807) is 56.7 Å². The summed E-state index contributed by atoms with van der Waals surface area (Å²) in [6, 6.07) is 11.9. The molecular weight excluding hydrogens is 310 g/mol. The highest BCUT2D eigenvalue weighted by molar-refractivity contribution is 5.94. The highest BCUT2D eigenvalue weighted by Gasteiger charge is 2.13. The number of carbonyl (C=O) groups is 1. The number of hydrogen-bond acceptors (Lipinski definition) is 5. The van der Waals surface area contributed by atoms with Gasteiger partial charge in [-0.15, -0.1) is 0 Å². The number of benzene rings is 2. The van der Waals surface area contributed by atoms with E-state index in [-0.39, 0.29) is 12.5 Å². The molecule has 0 radical (unpaired) electrons. The van der Waals surface area contributed by atoms with Crippen molar-refractivity contribution in [2.45, 2.75) is 6.10 Å². The Labute approximate surface area is 141 Å². The molecule has 0 bridgehead atoms. The fraction of sp³-hybridized carbons (Fsp3) is 0.278. The Bertz CT molecular complexity index is 684. The molecule has 0 aromatic heterocycles. The maximum absolute atomic E-state index is 12.1. The number of hydrogen-bond donors (Lipinski definition) is 2. The topological polar surface area (TPSA) is 77.0 Å². The van der Waals surface area contributed by atoms with E-state index < -0.39 is 6.10 Å². The van der Waals surface area contributed by atoms with Crippen LogP contribution >= 0.6 is 0 Å². The number of nitrogens with one attached hydrogen (secondary N) is 1. The van der Waals surface area contributed by atoms with Crippen LogP contribution in [-0.4, -0.2) is 38.9 Å². The maximum atomic E-state index is 12.1. The van der Waals surface area contributed by atoms with Gasteiger partial charge < -0.3 is 24.6 Å². The highest BCUT2D eigenvalue weighted by Crippen LogP contribution is 2.29. The van der Waals surface area contributed by atoms with Gasteiger partial charge in [0, 0.05) is 12.1 Å². The van der Waals surface area contributed by atoms with Gasteiger partial charge >= 0.3 is 0 Å². The van der Waals surface area contributed by atoms with Crippen molar-refractivity contribution in [3.05, 3.63) is 53.6 Å². The second-order valence-corrected chi connectivity index (χ2v) is 5.07. The molecule has 2 aromatic carbocycles. The number of aliphatic hydroxyl groups excluding tert-OH is 1. The molecule has 1 unspecified atom stereocenters. The predicted octanol–water partition coefficient (Wildman–Crippen LogP) is 2.18. The smallest absolute Gasteiger partial charge is 0.251 e. The molecule has 128 valence electrons. The van der Waals surface area contributed by atoms with Gasteiger partial charge in [0.05, 0.1) is 27.4 Å². The molecular formula is C18H21NO5. The minimum absolute atomic E-state index is 0.0837. The molecule has 0 heterocycles. The molecule has 6 heteroatoms. The highest BCUT2D eigenvalue weighted by atomic mass is 16.5. The fourth-order valence-electron chi connectivity index (χ4n) is 2.21. The monoisotopic (exact) mass is 331 g/mol. The van der Waals surface area contributed by atoms with E-state index in [0.29, 0.717) is 28.4 Å². The van der Waals surface area contributed by atoms with E-state index in [4.69, 9.17) is 14.2 Å². The van der Waals surface area contributed by atoms with Gasteiger partial charge in [0.15, 0.2) is 11.5 Å². The minimum atomic E-state index is -0.855. The van der Waals surface area contributed by atoms with E-state index in [1.807, 2.05) is 0 Å². The van der Waals surface area contributed by atoms with Gasteiger partial charge in [-0.1, -0.05) is 6.07 Å². The van der Waals surface area contributed by atoms with Crippen LogP contribution in [0.1, 0.15) is 22.0 Å². The molecule has 0 saturated heterocycles. The maximum Gasteiger partial charge on any atom is 0.251 e. The normalized spacial score (nSPS) is 11.5. The third-order valence-electron chi connectivity index (χ3n) is 3.60. The Hall–Kier alpha value is -2.73. The summed E-state index contributed by atoms with van der Waals surface area (Å²) in [5.41, 5.74) is 1.12. The lowest BCUT2D eigenvalue weighted by Gasteiger charge is -2.15. The molecule has 1 amide bonds. The number of amides is 1. The summed E-state index contributed by atoms with van der Waals surface area (Å²) in [7, 11) is 4.64.